The number of para-hydroxylation sites is 1. The zero-order chi connectivity index (χ0) is 18.8. The van der Waals surface area contributed by atoms with E-state index in [0.717, 1.165) is 43.2 Å². The van der Waals surface area contributed by atoms with Gasteiger partial charge in [-0.1, -0.05) is 30.9 Å². The van der Waals surface area contributed by atoms with Crippen molar-refractivity contribution in [2.75, 3.05) is 33.4 Å². The third-order valence-electron chi connectivity index (χ3n) is 4.39. The quantitative estimate of drug-likeness (QED) is 0.351. The van der Waals surface area contributed by atoms with E-state index in [4.69, 9.17) is 9.47 Å². The number of rotatable bonds is 7. The molecule has 142 valence electrons. The minimum Gasteiger partial charge on any atom is -0.489 e. The Morgan fingerprint density at radius 1 is 1.38 bits per heavy atom. The van der Waals surface area contributed by atoms with Crippen molar-refractivity contribution in [2.24, 2.45) is 10.9 Å². The molecule has 2 rings (SSSR count). The fourth-order valence-corrected chi connectivity index (χ4v) is 3.03. The molecule has 1 aliphatic heterocycles. The number of nitrogens with one attached hydrogen (secondary N) is 1. The lowest BCUT2D eigenvalue weighted by Gasteiger charge is -2.33. The number of carbonyl (C=O) groups is 1. The number of piperidine rings is 1. The van der Waals surface area contributed by atoms with Gasteiger partial charge in [0.15, 0.2) is 5.96 Å². The third kappa shape index (κ3) is 5.51. The normalized spacial score (nSPS) is 15.5. The van der Waals surface area contributed by atoms with Gasteiger partial charge in [-0.15, -0.1) is 0 Å². The van der Waals surface area contributed by atoms with Crippen LogP contribution in [0.15, 0.2) is 41.9 Å². The first-order valence-electron chi connectivity index (χ1n) is 9.13. The van der Waals surface area contributed by atoms with Crippen molar-refractivity contribution >= 4 is 11.9 Å². The summed E-state index contributed by atoms with van der Waals surface area (Å²) < 4.78 is 10.8. The zero-order valence-corrected chi connectivity index (χ0v) is 15.7. The summed E-state index contributed by atoms with van der Waals surface area (Å²) in [6, 6.07) is 7.93. The molecule has 0 spiro atoms. The van der Waals surface area contributed by atoms with Gasteiger partial charge in [-0.2, -0.15) is 0 Å². The molecule has 0 aromatic heterocycles. The number of guanidine groups is 1. The van der Waals surface area contributed by atoms with Crippen LogP contribution in [0.4, 0.5) is 0 Å². The van der Waals surface area contributed by atoms with Crippen LogP contribution in [0, 0.1) is 5.92 Å². The molecule has 1 fully saturated rings. The predicted molar refractivity (Wildman–Crippen MR) is 103 cm³/mol. The molecule has 1 heterocycles. The van der Waals surface area contributed by atoms with Gasteiger partial charge in [-0.05, 0) is 25.8 Å². The first-order valence-corrected chi connectivity index (χ1v) is 9.13. The number of aliphatic imine (C=N–C) groups is 1. The standard InChI is InChI=1S/C20H29N3O3/c1-4-14-26-18-9-7-6-8-17(18)15-22-20(21-3)23-12-10-16(11-13-23)19(24)25-5-2/h4,6-9,16H,1,5,10-15H2,2-3H3,(H,21,22). The van der Waals surface area contributed by atoms with E-state index in [-0.39, 0.29) is 11.9 Å². The Kier molecular flexibility index (Phi) is 7.99. The summed E-state index contributed by atoms with van der Waals surface area (Å²) in [4.78, 5) is 18.4. The number of hydrogen-bond donors (Lipinski definition) is 1. The lowest BCUT2D eigenvalue weighted by Crippen LogP contribution is -2.46. The Labute approximate surface area is 155 Å². The van der Waals surface area contributed by atoms with Crippen LogP contribution in [0.5, 0.6) is 5.75 Å². The van der Waals surface area contributed by atoms with Crippen LogP contribution >= 0.6 is 0 Å². The molecule has 0 unspecified atom stereocenters. The topological polar surface area (TPSA) is 63.2 Å². The Morgan fingerprint density at radius 2 is 2.12 bits per heavy atom. The third-order valence-corrected chi connectivity index (χ3v) is 4.39. The Morgan fingerprint density at radius 3 is 2.77 bits per heavy atom. The lowest BCUT2D eigenvalue weighted by atomic mass is 9.97. The fourth-order valence-electron chi connectivity index (χ4n) is 3.03. The molecule has 1 aromatic carbocycles. The van der Waals surface area contributed by atoms with E-state index in [1.807, 2.05) is 31.2 Å². The highest BCUT2D eigenvalue weighted by Gasteiger charge is 2.27. The highest BCUT2D eigenvalue weighted by molar-refractivity contribution is 5.80. The van der Waals surface area contributed by atoms with Gasteiger partial charge in [0.1, 0.15) is 12.4 Å². The summed E-state index contributed by atoms with van der Waals surface area (Å²) >= 11 is 0. The van der Waals surface area contributed by atoms with Crippen molar-refractivity contribution < 1.29 is 14.3 Å². The van der Waals surface area contributed by atoms with Crippen LogP contribution < -0.4 is 10.1 Å². The molecule has 26 heavy (non-hydrogen) atoms. The molecule has 1 aliphatic rings. The predicted octanol–water partition coefficient (Wildman–Crippen LogP) is 2.60. The smallest absolute Gasteiger partial charge is 0.309 e. The second-order valence-corrected chi connectivity index (χ2v) is 6.12. The van der Waals surface area contributed by atoms with Gasteiger partial charge in [0.05, 0.1) is 12.5 Å². The van der Waals surface area contributed by atoms with E-state index in [1.165, 1.54) is 0 Å². The van der Waals surface area contributed by atoms with Gasteiger partial charge >= 0.3 is 5.97 Å². The van der Waals surface area contributed by atoms with Gasteiger partial charge in [-0.25, -0.2) is 0 Å². The maximum Gasteiger partial charge on any atom is 0.309 e. The van der Waals surface area contributed by atoms with Crippen LogP contribution in [-0.4, -0.2) is 50.2 Å². The SMILES string of the molecule is C=CCOc1ccccc1CNC(=NC)N1CCC(C(=O)OCC)CC1. The summed E-state index contributed by atoms with van der Waals surface area (Å²) in [6.07, 6.45) is 3.31. The molecule has 1 aromatic rings. The van der Waals surface area contributed by atoms with E-state index in [1.54, 1.807) is 13.1 Å². The molecule has 0 saturated carbocycles. The molecule has 0 amide bonds. The molecule has 0 atom stereocenters. The largest absolute Gasteiger partial charge is 0.489 e. The zero-order valence-electron chi connectivity index (χ0n) is 15.7. The molecule has 1 N–H and O–H groups in total. The highest BCUT2D eigenvalue weighted by Crippen LogP contribution is 2.20. The molecule has 1 saturated heterocycles. The van der Waals surface area contributed by atoms with Crippen molar-refractivity contribution in [1.29, 1.82) is 0 Å². The minimum atomic E-state index is -0.0802. The molecule has 0 aliphatic carbocycles. The monoisotopic (exact) mass is 359 g/mol. The number of ether oxygens (including phenoxy) is 2. The maximum absolute atomic E-state index is 11.9. The van der Waals surface area contributed by atoms with E-state index >= 15 is 0 Å². The average Bonchev–Trinajstić information content (AvgIpc) is 2.68. The summed E-state index contributed by atoms with van der Waals surface area (Å²) in [5, 5.41) is 3.40. The van der Waals surface area contributed by atoms with Crippen LogP contribution in [0.1, 0.15) is 25.3 Å². The molecular formula is C20H29N3O3. The number of esters is 1. The number of likely N-dealkylation sites (tertiary alicyclic amines) is 1. The highest BCUT2D eigenvalue weighted by atomic mass is 16.5. The van der Waals surface area contributed by atoms with Gasteiger partial charge in [-0.3, -0.25) is 9.79 Å². The van der Waals surface area contributed by atoms with Crippen LogP contribution in [0.3, 0.4) is 0 Å². The summed E-state index contributed by atoms with van der Waals surface area (Å²) in [6.45, 7) is 8.65. The Bertz CT molecular complexity index is 622. The first-order chi connectivity index (χ1) is 12.7. The van der Waals surface area contributed by atoms with Crippen molar-refractivity contribution in [3.05, 3.63) is 42.5 Å². The summed E-state index contributed by atoms with van der Waals surface area (Å²) in [5.74, 6) is 1.60. The number of nitrogens with zero attached hydrogens (tertiary/aromatic N) is 2. The lowest BCUT2D eigenvalue weighted by molar-refractivity contribution is -0.149. The summed E-state index contributed by atoms with van der Waals surface area (Å²) in [7, 11) is 1.78. The fraction of sp³-hybridized carbons (Fsp3) is 0.500. The second-order valence-electron chi connectivity index (χ2n) is 6.12. The number of hydrogen-bond acceptors (Lipinski definition) is 4. The van der Waals surface area contributed by atoms with Crippen molar-refractivity contribution in [2.45, 2.75) is 26.3 Å². The van der Waals surface area contributed by atoms with E-state index < -0.39 is 0 Å². The summed E-state index contributed by atoms with van der Waals surface area (Å²) in [5.41, 5.74) is 1.07. The second kappa shape index (κ2) is 10.5. The first kappa shape index (κ1) is 19.8. The average molecular weight is 359 g/mol. The van der Waals surface area contributed by atoms with E-state index in [2.05, 4.69) is 21.8 Å². The Balaban J connectivity index is 1.89. The number of carbonyl (C=O) groups excluding carboxylic acids is 1. The molecule has 0 radical (unpaired) electrons. The van der Waals surface area contributed by atoms with E-state index in [9.17, 15) is 4.79 Å². The van der Waals surface area contributed by atoms with Gasteiger partial charge in [0, 0.05) is 32.2 Å². The Hall–Kier alpha value is -2.50. The molecule has 6 nitrogen and oxygen atoms in total. The van der Waals surface area contributed by atoms with Crippen molar-refractivity contribution in [3.63, 3.8) is 0 Å². The van der Waals surface area contributed by atoms with Crippen molar-refractivity contribution in [3.8, 4) is 5.75 Å². The van der Waals surface area contributed by atoms with Gasteiger partial charge in [0.25, 0.3) is 0 Å². The minimum absolute atomic E-state index is 0.00247. The number of benzene rings is 1. The van der Waals surface area contributed by atoms with Crippen LogP contribution in [0.25, 0.3) is 0 Å². The van der Waals surface area contributed by atoms with E-state index in [0.29, 0.717) is 19.8 Å². The van der Waals surface area contributed by atoms with Crippen LogP contribution in [0.2, 0.25) is 0 Å². The molecule has 0 bridgehead atoms. The van der Waals surface area contributed by atoms with Crippen LogP contribution in [-0.2, 0) is 16.1 Å². The van der Waals surface area contributed by atoms with Gasteiger partial charge in [0.2, 0.25) is 0 Å². The van der Waals surface area contributed by atoms with Crippen molar-refractivity contribution in [1.82, 2.24) is 10.2 Å². The maximum atomic E-state index is 11.9. The van der Waals surface area contributed by atoms with Gasteiger partial charge < -0.3 is 19.7 Å². The molecular weight excluding hydrogens is 330 g/mol. The molecule has 6 heteroatoms.